The molecule has 0 fully saturated rings. The Bertz CT molecular complexity index is 960. The van der Waals surface area contributed by atoms with Crippen molar-refractivity contribution in [2.75, 3.05) is 26.2 Å². The summed E-state index contributed by atoms with van der Waals surface area (Å²) < 4.78 is 16.0. The molecule has 0 aliphatic heterocycles. The summed E-state index contributed by atoms with van der Waals surface area (Å²) in [5.74, 6) is 1.87. The lowest BCUT2D eigenvalue weighted by Crippen LogP contribution is -2.31. The zero-order valence-corrected chi connectivity index (χ0v) is 16.8. The van der Waals surface area contributed by atoms with Gasteiger partial charge in [-0.2, -0.15) is 0 Å². The fourth-order valence-electron chi connectivity index (χ4n) is 3.04. The number of nitrogens with zero attached hydrogens (tertiary/aromatic N) is 2. The van der Waals surface area contributed by atoms with Crippen LogP contribution in [0.4, 0.5) is 5.69 Å². The molecule has 6 nitrogen and oxygen atoms in total. The van der Waals surface area contributed by atoms with E-state index in [1.54, 1.807) is 44.7 Å². The molecule has 0 N–H and O–H groups in total. The van der Waals surface area contributed by atoms with E-state index in [4.69, 9.17) is 14.2 Å². The quantitative estimate of drug-likeness (QED) is 0.582. The predicted octanol–water partition coefficient (Wildman–Crippen LogP) is 3.88. The maximum atomic E-state index is 13.3. The number of anilines is 1. The van der Waals surface area contributed by atoms with Crippen LogP contribution in [0.15, 0.2) is 67.0 Å². The Balaban J connectivity index is 1.89. The SMILES string of the molecule is COc1cccc(N(Cc2cccnc2)C(=O)Cc2ccc(OC)c(OC)c2)c1. The fourth-order valence-corrected chi connectivity index (χ4v) is 3.04. The average molecular weight is 392 g/mol. The van der Waals surface area contributed by atoms with E-state index in [-0.39, 0.29) is 12.3 Å². The molecule has 1 aromatic heterocycles. The zero-order chi connectivity index (χ0) is 20.6. The molecule has 0 radical (unpaired) electrons. The summed E-state index contributed by atoms with van der Waals surface area (Å²) in [5, 5.41) is 0. The number of rotatable bonds is 8. The van der Waals surface area contributed by atoms with Gasteiger partial charge in [0.15, 0.2) is 11.5 Å². The summed E-state index contributed by atoms with van der Waals surface area (Å²) in [7, 11) is 4.77. The third kappa shape index (κ3) is 5.04. The normalized spacial score (nSPS) is 10.3. The van der Waals surface area contributed by atoms with Crippen molar-refractivity contribution in [2.24, 2.45) is 0 Å². The van der Waals surface area contributed by atoms with Crippen molar-refractivity contribution in [1.29, 1.82) is 0 Å². The summed E-state index contributed by atoms with van der Waals surface area (Å²) in [6.07, 6.45) is 3.69. The maximum absolute atomic E-state index is 13.3. The first-order valence-corrected chi connectivity index (χ1v) is 9.19. The molecule has 0 saturated carbocycles. The second-order valence-corrected chi connectivity index (χ2v) is 6.41. The van der Waals surface area contributed by atoms with Crippen LogP contribution in [0.5, 0.6) is 17.2 Å². The number of carbonyl (C=O) groups is 1. The van der Waals surface area contributed by atoms with Crippen LogP contribution in [0, 0.1) is 0 Å². The molecule has 0 aliphatic carbocycles. The molecule has 0 aliphatic rings. The number of hydrogen-bond donors (Lipinski definition) is 0. The van der Waals surface area contributed by atoms with Gasteiger partial charge in [-0.25, -0.2) is 0 Å². The molecule has 2 aromatic carbocycles. The third-order valence-corrected chi connectivity index (χ3v) is 4.53. The number of amides is 1. The maximum Gasteiger partial charge on any atom is 0.231 e. The first-order chi connectivity index (χ1) is 14.1. The first kappa shape index (κ1) is 20.2. The van der Waals surface area contributed by atoms with E-state index in [1.165, 1.54) is 0 Å². The van der Waals surface area contributed by atoms with Crippen LogP contribution in [0.1, 0.15) is 11.1 Å². The third-order valence-electron chi connectivity index (χ3n) is 4.53. The Kier molecular flexibility index (Phi) is 6.68. The summed E-state index contributed by atoms with van der Waals surface area (Å²) in [4.78, 5) is 19.2. The molecular weight excluding hydrogens is 368 g/mol. The second kappa shape index (κ2) is 9.59. The standard InChI is InChI=1S/C23H24N2O4/c1-27-20-8-4-7-19(14-20)25(16-18-6-5-11-24-15-18)23(26)13-17-9-10-21(28-2)22(12-17)29-3/h4-12,14-15H,13,16H2,1-3H3. The molecule has 3 aromatic rings. The average Bonchev–Trinajstić information content (AvgIpc) is 2.78. The number of pyridine rings is 1. The highest BCUT2D eigenvalue weighted by atomic mass is 16.5. The van der Waals surface area contributed by atoms with E-state index in [0.717, 1.165) is 16.8 Å². The fraction of sp³-hybridized carbons (Fsp3) is 0.217. The first-order valence-electron chi connectivity index (χ1n) is 9.19. The summed E-state index contributed by atoms with van der Waals surface area (Å²) in [6.45, 7) is 0.410. The lowest BCUT2D eigenvalue weighted by molar-refractivity contribution is -0.118. The van der Waals surface area contributed by atoms with Gasteiger partial charge in [0.25, 0.3) is 0 Å². The van der Waals surface area contributed by atoms with E-state index in [2.05, 4.69) is 4.98 Å². The Morgan fingerprint density at radius 3 is 2.41 bits per heavy atom. The lowest BCUT2D eigenvalue weighted by atomic mass is 10.1. The van der Waals surface area contributed by atoms with Gasteiger partial charge in [-0.1, -0.05) is 18.2 Å². The van der Waals surface area contributed by atoms with Crippen molar-refractivity contribution in [2.45, 2.75) is 13.0 Å². The van der Waals surface area contributed by atoms with Crippen LogP contribution in [0.2, 0.25) is 0 Å². The van der Waals surface area contributed by atoms with Gasteiger partial charge in [0.1, 0.15) is 5.75 Å². The van der Waals surface area contributed by atoms with E-state index < -0.39 is 0 Å². The van der Waals surface area contributed by atoms with Crippen molar-refractivity contribution in [3.63, 3.8) is 0 Å². The highest BCUT2D eigenvalue weighted by Gasteiger charge is 2.18. The van der Waals surface area contributed by atoms with Crippen molar-refractivity contribution >= 4 is 11.6 Å². The topological polar surface area (TPSA) is 60.9 Å². The molecular formula is C23H24N2O4. The molecule has 29 heavy (non-hydrogen) atoms. The molecule has 0 saturated heterocycles. The van der Waals surface area contributed by atoms with Crippen LogP contribution in [-0.2, 0) is 17.8 Å². The molecule has 3 rings (SSSR count). The number of benzene rings is 2. The van der Waals surface area contributed by atoms with Crippen LogP contribution >= 0.6 is 0 Å². The van der Waals surface area contributed by atoms with Gasteiger partial charge in [-0.05, 0) is 41.5 Å². The van der Waals surface area contributed by atoms with Gasteiger partial charge in [-0.15, -0.1) is 0 Å². The lowest BCUT2D eigenvalue weighted by Gasteiger charge is -2.24. The highest BCUT2D eigenvalue weighted by Crippen LogP contribution is 2.29. The Hall–Kier alpha value is -3.54. The summed E-state index contributed by atoms with van der Waals surface area (Å²) in [6, 6.07) is 16.8. The van der Waals surface area contributed by atoms with Crippen molar-refractivity contribution in [3.8, 4) is 17.2 Å². The summed E-state index contributed by atoms with van der Waals surface area (Å²) in [5.41, 5.74) is 2.54. The van der Waals surface area contributed by atoms with Crippen LogP contribution in [-0.4, -0.2) is 32.2 Å². The molecule has 1 heterocycles. The van der Waals surface area contributed by atoms with E-state index in [1.807, 2.05) is 48.5 Å². The minimum absolute atomic E-state index is 0.0469. The number of carbonyl (C=O) groups excluding carboxylic acids is 1. The second-order valence-electron chi connectivity index (χ2n) is 6.41. The monoisotopic (exact) mass is 392 g/mol. The Morgan fingerprint density at radius 2 is 1.72 bits per heavy atom. The van der Waals surface area contributed by atoms with Crippen LogP contribution in [0.25, 0.3) is 0 Å². The van der Waals surface area contributed by atoms with Crippen LogP contribution < -0.4 is 19.1 Å². The van der Waals surface area contributed by atoms with Crippen molar-refractivity contribution in [3.05, 3.63) is 78.1 Å². The Labute approximate surface area is 170 Å². The zero-order valence-electron chi connectivity index (χ0n) is 16.8. The molecule has 0 unspecified atom stereocenters. The van der Waals surface area contributed by atoms with E-state index in [9.17, 15) is 4.79 Å². The largest absolute Gasteiger partial charge is 0.497 e. The van der Waals surface area contributed by atoms with Crippen molar-refractivity contribution < 1.29 is 19.0 Å². The molecule has 0 bridgehead atoms. The van der Waals surface area contributed by atoms with Gasteiger partial charge in [-0.3, -0.25) is 9.78 Å². The van der Waals surface area contributed by atoms with Gasteiger partial charge in [0.2, 0.25) is 5.91 Å². The van der Waals surface area contributed by atoms with Gasteiger partial charge in [0.05, 0.1) is 34.3 Å². The van der Waals surface area contributed by atoms with Crippen molar-refractivity contribution in [1.82, 2.24) is 4.98 Å². The minimum atomic E-state index is -0.0469. The molecule has 1 amide bonds. The van der Waals surface area contributed by atoms with Gasteiger partial charge >= 0.3 is 0 Å². The number of ether oxygens (including phenoxy) is 3. The Morgan fingerprint density at radius 1 is 0.897 bits per heavy atom. The van der Waals surface area contributed by atoms with E-state index in [0.29, 0.717) is 23.8 Å². The molecule has 6 heteroatoms. The predicted molar refractivity (Wildman–Crippen MR) is 112 cm³/mol. The summed E-state index contributed by atoms with van der Waals surface area (Å²) >= 11 is 0. The highest BCUT2D eigenvalue weighted by molar-refractivity contribution is 5.95. The number of aromatic nitrogens is 1. The van der Waals surface area contributed by atoms with Gasteiger partial charge in [0, 0.05) is 24.1 Å². The number of hydrogen-bond acceptors (Lipinski definition) is 5. The van der Waals surface area contributed by atoms with E-state index >= 15 is 0 Å². The smallest absolute Gasteiger partial charge is 0.231 e. The van der Waals surface area contributed by atoms with Gasteiger partial charge < -0.3 is 19.1 Å². The van der Waals surface area contributed by atoms with Crippen LogP contribution in [0.3, 0.4) is 0 Å². The number of methoxy groups -OCH3 is 3. The minimum Gasteiger partial charge on any atom is -0.497 e. The molecule has 0 spiro atoms. The molecule has 0 atom stereocenters. The molecule has 150 valence electrons.